The molecule has 0 spiro atoms. The van der Waals surface area contributed by atoms with E-state index in [4.69, 9.17) is 9.47 Å². The average molecular weight is 270 g/mol. The van der Waals surface area contributed by atoms with Crippen molar-refractivity contribution in [1.29, 1.82) is 0 Å². The van der Waals surface area contributed by atoms with Gasteiger partial charge in [0.1, 0.15) is 0 Å². The standard InChI is InChI=1S/C12H10N6O2/c1-2-8(12-9(3-1)19-7-20-12)4-14-10-5-13-6-11-15-16-17-18(10)11/h1-3,5-6,14H,4,7H2. The van der Waals surface area contributed by atoms with E-state index in [1.165, 1.54) is 0 Å². The number of anilines is 1. The van der Waals surface area contributed by atoms with Crippen LogP contribution >= 0.6 is 0 Å². The highest BCUT2D eigenvalue weighted by molar-refractivity contribution is 5.50. The van der Waals surface area contributed by atoms with Crippen molar-refractivity contribution in [2.45, 2.75) is 6.54 Å². The summed E-state index contributed by atoms with van der Waals surface area (Å²) < 4.78 is 12.4. The molecule has 0 bridgehead atoms. The monoisotopic (exact) mass is 270 g/mol. The number of tetrazole rings is 1. The largest absolute Gasteiger partial charge is 0.454 e. The molecule has 8 heteroatoms. The lowest BCUT2D eigenvalue weighted by Crippen LogP contribution is -2.06. The van der Waals surface area contributed by atoms with Crippen molar-refractivity contribution in [2.75, 3.05) is 12.1 Å². The van der Waals surface area contributed by atoms with Crippen LogP contribution in [0.3, 0.4) is 0 Å². The number of fused-ring (bicyclic) bond motifs is 2. The fourth-order valence-corrected chi connectivity index (χ4v) is 2.11. The van der Waals surface area contributed by atoms with Crippen LogP contribution in [0.1, 0.15) is 5.56 Å². The average Bonchev–Trinajstić information content (AvgIpc) is 3.13. The molecule has 0 saturated carbocycles. The molecule has 0 atom stereocenters. The molecule has 2 aromatic heterocycles. The molecule has 100 valence electrons. The fourth-order valence-electron chi connectivity index (χ4n) is 2.11. The highest BCUT2D eigenvalue weighted by Crippen LogP contribution is 2.35. The Balaban J connectivity index is 1.62. The van der Waals surface area contributed by atoms with E-state index in [9.17, 15) is 0 Å². The van der Waals surface area contributed by atoms with Gasteiger partial charge in [0.2, 0.25) is 6.79 Å². The van der Waals surface area contributed by atoms with Gasteiger partial charge in [0.15, 0.2) is 23.0 Å². The second-order valence-electron chi connectivity index (χ2n) is 4.25. The number of aromatic nitrogens is 5. The maximum Gasteiger partial charge on any atom is 0.231 e. The number of para-hydroxylation sites is 1. The molecule has 0 radical (unpaired) electrons. The Morgan fingerprint density at radius 1 is 1.25 bits per heavy atom. The lowest BCUT2D eigenvalue weighted by Gasteiger charge is -2.08. The zero-order chi connectivity index (χ0) is 13.4. The minimum atomic E-state index is 0.260. The molecule has 0 fully saturated rings. The highest BCUT2D eigenvalue weighted by atomic mass is 16.7. The van der Waals surface area contributed by atoms with Gasteiger partial charge in [0.05, 0.1) is 12.4 Å². The van der Waals surface area contributed by atoms with E-state index < -0.39 is 0 Å². The minimum Gasteiger partial charge on any atom is -0.454 e. The number of benzene rings is 1. The molecule has 1 aliphatic heterocycles. The van der Waals surface area contributed by atoms with Crippen LogP contribution in [0, 0.1) is 0 Å². The quantitative estimate of drug-likeness (QED) is 0.755. The smallest absolute Gasteiger partial charge is 0.231 e. The molecule has 1 aliphatic rings. The van der Waals surface area contributed by atoms with Crippen molar-refractivity contribution in [2.24, 2.45) is 0 Å². The first-order valence-electron chi connectivity index (χ1n) is 6.05. The van der Waals surface area contributed by atoms with Gasteiger partial charge >= 0.3 is 0 Å². The SMILES string of the molecule is c1cc(CNc2cncc3nnnn23)c2c(c1)OCO2. The van der Waals surface area contributed by atoms with Crippen LogP contribution in [-0.4, -0.2) is 31.8 Å². The predicted octanol–water partition coefficient (Wildman–Crippen LogP) is 0.860. The van der Waals surface area contributed by atoms with Gasteiger partial charge in [-0.2, -0.15) is 4.52 Å². The number of hydrogen-bond acceptors (Lipinski definition) is 7. The molecule has 20 heavy (non-hydrogen) atoms. The zero-order valence-electron chi connectivity index (χ0n) is 10.4. The van der Waals surface area contributed by atoms with Crippen molar-refractivity contribution in [3.05, 3.63) is 36.2 Å². The molecular weight excluding hydrogens is 260 g/mol. The van der Waals surface area contributed by atoms with Crippen molar-refractivity contribution in [1.82, 2.24) is 25.0 Å². The molecule has 0 aliphatic carbocycles. The first kappa shape index (κ1) is 11.0. The summed E-state index contributed by atoms with van der Waals surface area (Å²) in [6, 6.07) is 5.80. The molecule has 1 aromatic carbocycles. The van der Waals surface area contributed by atoms with Gasteiger partial charge < -0.3 is 14.8 Å². The number of ether oxygens (including phenoxy) is 2. The van der Waals surface area contributed by atoms with E-state index in [1.54, 1.807) is 16.9 Å². The maximum atomic E-state index is 5.47. The van der Waals surface area contributed by atoms with Crippen LogP contribution in [-0.2, 0) is 6.54 Å². The van der Waals surface area contributed by atoms with Crippen LogP contribution in [0.15, 0.2) is 30.6 Å². The molecule has 0 amide bonds. The molecule has 0 saturated heterocycles. The Bertz CT molecular complexity index is 771. The van der Waals surface area contributed by atoms with Crippen LogP contribution in [0.2, 0.25) is 0 Å². The van der Waals surface area contributed by atoms with Gasteiger partial charge in [0.25, 0.3) is 0 Å². The number of hydrogen-bond donors (Lipinski definition) is 1. The highest BCUT2D eigenvalue weighted by Gasteiger charge is 2.17. The summed E-state index contributed by atoms with van der Waals surface area (Å²) in [5, 5.41) is 14.6. The van der Waals surface area contributed by atoms with E-state index in [0.717, 1.165) is 17.1 Å². The van der Waals surface area contributed by atoms with Gasteiger partial charge in [-0.15, -0.1) is 5.10 Å². The Hall–Kier alpha value is -2.90. The molecule has 0 unspecified atom stereocenters. The number of rotatable bonds is 3. The van der Waals surface area contributed by atoms with Crippen molar-refractivity contribution < 1.29 is 9.47 Å². The third kappa shape index (κ3) is 1.69. The molecule has 1 N–H and O–H groups in total. The van der Waals surface area contributed by atoms with Gasteiger partial charge in [-0.25, -0.2) is 0 Å². The Kier molecular flexibility index (Phi) is 2.38. The third-order valence-corrected chi connectivity index (χ3v) is 3.05. The van der Waals surface area contributed by atoms with Gasteiger partial charge in [-0.05, 0) is 16.5 Å². The zero-order valence-corrected chi connectivity index (χ0v) is 10.4. The van der Waals surface area contributed by atoms with E-state index in [0.29, 0.717) is 18.0 Å². The summed E-state index contributed by atoms with van der Waals surface area (Å²) in [6.07, 6.45) is 3.27. The maximum absolute atomic E-state index is 5.47. The first-order valence-corrected chi connectivity index (χ1v) is 6.05. The normalized spacial score (nSPS) is 12.8. The summed E-state index contributed by atoms with van der Waals surface area (Å²) in [6.45, 7) is 0.823. The topological polar surface area (TPSA) is 86.5 Å². The molecule has 8 nitrogen and oxygen atoms in total. The van der Waals surface area contributed by atoms with Crippen LogP contribution in [0.25, 0.3) is 5.65 Å². The second-order valence-corrected chi connectivity index (χ2v) is 4.25. The lowest BCUT2D eigenvalue weighted by atomic mass is 10.2. The van der Waals surface area contributed by atoms with Crippen LogP contribution in [0.4, 0.5) is 5.82 Å². The van der Waals surface area contributed by atoms with E-state index in [-0.39, 0.29) is 6.79 Å². The third-order valence-electron chi connectivity index (χ3n) is 3.05. The fraction of sp³-hybridized carbons (Fsp3) is 0.167. The Labute approximate surface area is 113 Å². The van der Waals surface area contributed by atoms with Crippen molar-refractivity contribution in [3.63, 3.8) is 0 Å². The summed E-state index contributed by atoms with van der Waals surface area (Å²) in [5.41, 5.74) is 1.60. The molecule has 4 rings (SSSR count). The second kappa shape index (κ2) is 4.34. The number of nitrogens with one attached hydrogen (secondary N) is 1. The van der Waals surface area contributed by atoms with E-state index in [2.05, 4.69) is 25.8 Å². The Morgan fingerprint density at radius 2 is 2.25 bits per heavy atom. The predicted molar refractivity (Wildman–Crippen MR) is 68.5 cm³/mol. The first-order chi connectivity index (χ1) is 9.92. The summed E-state index contributed by atoms with van der Waals surface area (Å²) in [7, 11) is 0. The van der Waals surface area contributed by atoms with E-state index >= 15 is 0 Å². The van der Waals surface area contributed by atoms with Crippen LogP contribution < -0.4 is 14.8 Å². The van der Waals surface area contributed by atoms with Gasteiger partial charge in [-0.3, -0.25) is 4.98 Å². The lowest BCUT2D eigenvalue weighted by molar-refractivity contribution is 0.173. The summed E-state index contributed by atoms with van der Waals surface area (Å²) >= 11 is 0. The van der Waals surface area contributed by atoms with Crippen molar-refractivity contribution >= 4 is 11.5 Å². The summed E-state index contributed by atoms with van der Waals surface area (Å²) in [5.74, 6) is 2.25. The van der Waals surface area contributed by atoms with Gasteiger partial charge in [0, 0.05) is 12.1 Å². The molecule has 3 aromatic rings. The van der Waals surface area contributed by atoms with Crippen LogP contribution in [0.5, 0.6) is 11.5 Å². The van der Waals surface area contributed by atoms with Gasteiger partial charge in [-0.1, -0.05) is 12.1 Å². The molecular formula is C12H10N6O2. The van der Waals surface area contributed by atoms with Crippen molar-refractivity contribution in [3.8, 4) is 11.5 Å². The van der Waals surface area contributed by atoms with E-state index in [1.807, 2.05) is 18.2 Å². The minimum absolute atomic E-state index is 0.260. The Morgan fingerprint density at radius 3 is 3.25 bits per heavy atom. The number of nitrogens with zero attached hydrogens (tertiary/aromatic N) is 5. The molecule has 3 heterocycles. The summed E-state index contributed by atoms with van der Waals surface area (Å²) in [4.78, 5) is 4.09.